The first kappa shape index (κ1) is 20.7. The van der Waals surface area contributed by atoms with Crippen LogP contribution in [0.4, 0.5) is 11.4 Å². The molecule has 0 atom stereocenters. The minimum atomic E-state index is -0.459. The summed E-state index contributed by atoms with van der Waals surface area (Å²) >= 11 is 3.31. The lowest BCUT2D eigenvalue weighted by molar-refractivity contribution is -0.384. The predicted molar refractivity (Wildman–Crippen MR) is 112 cm³/mol. The molecular weight excluding hydrogens is 444 g/mol. The predicted octanol–water partition coefficient (Wildman–Crippen LogP) is 2.97. The fourth-order valence-corrected chi connectivity index (χ4v) is 3.28. The summed E-state index contributed by atoms with van der Waals surface area (Å²) in [4.78, 5) is 25.3. The number of amides is 1. The summed E-state index contributed by atoms with van der Waals surface area (Å²) in [6, 6.07) is 9.87. The van der Waals surface area contributed by atoms with E-state index in [-0.39, 0.29) is 5.69 Å². The van der Waals surface area contributed by atoms with Crippen LogP contribution in [0, 0.1) is 10.1 Å². The molecule has 0 spiro atoms. The number of hydrazone groups is 1. The molecule has 2 aromatic rings. The average Bonchev–Trinajstić information content (AvgIpc) is 2.74. The lowest BCUT2D eigenvalue weighted by Gasteiger charge is -2.28. The van der Waals surface area contributed by atoms with Gasteiger partial charge in [0.25, 0.3) is 11.6 Å². The number of halogens is 1. The van der Waals surface area contributed by atoms with Crippen LogP contribution in [0.15, 0.2) is 46.0 Å². The molecule has 0 saturated carbocycles. The van der Waals surface area contributed by atoms with Crippen LogP contribution < -0.4 is 15.1 Å². The molecule has 2 aromatic carbocycles. The van der Waals surface area contributed by atoms with Crippen LogP contribution in [-0.2, 0) is 4.74 Å². The SMILES string of the molecule is COc1ccc(Br)cc1C(=O)N/N=C/c1ccc(N2CCOCC2)c([N+](=O)[O-])c1. The highest BCUT2D eigenvalue weighted by Crippen LogP contribution is 2.29. The second-order valence-corrected chi connectivity index (χ2v) is 7.06. The Hall–Kier alpha value is -2.98. The minimum Gasteiger partial charge on any atom is -0.496 e. The Labute approximate surface area is 175 Å². The zero-order chi connectivity index (χ0) is 20.8. The van der Waals surface area contributed by atoms with Gasteiger partial charge in [-0.15, -0.1) is 0 Å². The third-order valence-electron chi connectivity index (χ3n) is 4.33. The van der Waals surface area contributed by atoms with Crippen molar-refractivity contribution in [3.63, 3.8) is 0 Å². The fourth-order valence-electron chi connectivity index (χ4n) is 2.92. The van der Waals surface area contributed by atoms with Crippen LogP contribution in [0.1, 0.15) is 15.9 Å². The summed E-state index contributed by atoms with van der Waals surface area (Å²) in [5.74, 6) is -0.0507. The van der Waals surface area contributed by atoms with E-state index in [9.17, 15) is 14.9 Å². The first-order chi connectivity index (χ1) is 14.0. The molecule has 152 valence electrons. The van der Waals surface area contributed by atoms with Crippen LogP contribution in [-0.4, -0.2) is 50.5 Å². The van der Waals surface area contributed by atoms with Crippen molar-refractivity contribution in [1.29, 1.82) is 0 Å². The van der Waals surface area contributed by atoms with Crippen molar-refractivity contribution in [2.75, 3.05) is 38.3 Å². The summed E-state index contributed by atoms with van der Waals surface area (Å²) in [5, 5.41) is 15.4. The number of hydrogen-bond acceptors (Lipinski definition) is 7. The highest BCUT2D eigenvalue weighted by atomic mass is 79.9. The molecular formula is C19H19BrN4O5. The molecule has 1 heterocycles. The van der Waals surface area contributed by atoms with E-state index in [0.717, 1.165) is 4.47 Å². The monoisotopic (exact) mass is 462 g/mol. The average molecular weight is 463 g/mol. The Bertz CT molecular complexity index is 944. The van der Waals surface area contributed by atoms with E-state index in [4.69, 9.17) is 9.47 Å². The van der Waals surface area contributed by atoms with Gasteiger partial charge in [-0.2, -0.15) is 5.10 Å². The molecule has 0 unspecified atom stereocenters. The molecule has 10 heteroatoms. The zero-order valence-electron chi connectivity index (χ0n) is 15.6. The smallest absolute Gasteiger partial charge is 0.293 e. The molecule has 29 heavy (non-hydrogen) atoms. The van der Waals surface area contributed by atoms with Gasteiger partial charge in [-0.1, -0.05) is 22.0 Å². The third kappa shape index (κ3) is 5.09. The van der Waals surface area contributed by atoms with Crippen molar-refractivity contribution in [3.8, 4) is 5.75 Å². The molecule has 1 fully saturated rings. The van der Waals surface area contributed by atoms with Gasteiger partial charge >= 0.3 is 0 Å². The van der Waals surface area contributed by atoms with Gasteiger partial charge in [0.05, 0.1) is 37.0 Å². The fraction of sp³-hybridized carbons (Fsp3) is 0.263. The number of nitrogens with one attached hydrogen (secondary N) is 1. The topological polar surface area (TPSA) is 106 Å². The molecule has 0 bridgehead atoms. The Kier molecular flexibility index (Phi) is 6.78. The summed E-state index contributed by atoms with van der Waals surface area (Å²) in [7, 11) is 1.47. The molecule has 3 rings (SSSR count). The highest BCUT2D eigenvalue weighted by molar-refractivity contribution is 9.10. The van der Waals surface area contributed by atoms with Crippen molar-refractivity contribution in [2.24, 2.45) is 5.10 Å². The number of nitro benzene ring substituents is 1. The van der Waals surface area contributed by atoms with Crippen molar-refractivity contribution in [3.05, 3.63) is 62.1 Å². The molecule has 1 N–H and O–H groups in total. The molecule has 0 aromatic heterocycles. The van der Waals surface area contributed by atoms with E-state index < -0.39 is 10.8 Å². The van der Waals surface area contributed by atoms with Gasteiger partial charge in [-0.25, -0.2) is 5.43 Å². The van der Waals surface area contributed by atoms with Crippen molar-refractivity contribution >= 4 is 39.4 Å². The number of ether oxygens (including phenoxy) is 2. The largest absolute Gasteiger partial charge is 0.496 e. The summed E-state index contributed by atoms with van der Waals surface area (Å²) in [6.45, 7) is 2.26. The number of carbonyl (C=O) groups is 1. The normalized spacial score (nSPS) is 14.1. The van der Waals surface area contributed by atoms with Gasteiger partial charge in [0.15, 0.2) is 0 Å². The molecule has 0 aliphatic carbocycles. The Morgan fingerprint density at radius 1 is 1.31 bits per heavy atom. The highest BCUT2D eigenvalue weighted by Gasteiger charge is 2.21. The molecule has 1 amide bonds. The quantitative estimate of drug-likeness (QED) is 0.401. The van der Waals surface area contributed by atoms with Crippen LogP contribution >= 0.6 is 15.9 Å². The molecule has 1 aliphatic rings. The number of nitrogens with zero attached hydrogens (tertiary/aromatic N) is 3. The Balaban J connectivity index is 1.75. The zero-order valence-corrected chi connectivity index (χ0v) is 17.2. The number of rotatable bonds is 6. The van der Waals surface area contributed by atoms with E-state index in [2.05, 4.69) is 26.5 Å². The number of carbonyl (C=O) groups excluding carboxylic acids is 1. The lowest BCUT2D eigenvalue weighted by atomic mass is 10.1. The molecule has 9 nitrogen and oxygen atoms in total. The van der Waals surface area contributed by atoms with Crippen LogP contribution in [0.3, 0.4) is 0 Å². The molecule has 1 saturated heterocycles. The number of hydrogen-bond donors (Lipinski definition) is 1. The Morgan fingerprint density at radius 3 is 2.76 bits per heavy atom. The van der Waals surface area contributed by atoms with Crippen LogP contribution in [0.2, 0.25) is 0 Å². The van der Waals surface area contributed by atoms with E-state index in [0.29, 0.717) is 48.9 Å². The van der Waals surface area contributed by atoms with E-state index in [1.165, 1.54) is 19.4 Å². The van der Waals surface area contributed by atoms with Gasteiger partial charge in [0, 0.05) is 29.2 Å². The number of morpholine rings is 1. The van der Waals surface area contributed by atoms with Gasteiger partial charge in [0.1, 0.15) is 11.4 Å². The third-order valence-corrected chi connectivity index (χ3v) is 4.83. The molecule has 0 radical (unpaired) electrons. The van der Waals surface area contributed by atoms with E-state index in [1.54, 1.807) is 30.3 Å². The maximum Gasteiger partial charge on any atom is 0.293 e. The number of methoxy groups -OCH3 is 1. The Morgan fingerprint density at radius 2 is 2.07 bits per heavy atom. The maximum atomic E-state index is 12.4. The first-order valence-electron chi connectivity index (χ1n) is 8.77. The van der Waals surface area contributed by atoms with Gasteiger partial charge < -0.3 is 14.4 Å². The van der Waals surface area contributed by atoms with Crippen LogP contribution in [0.25, 0.3) is 0 Å². The van der Waals surface area contributed by atoms with Crippen molar-refractivity contribution < 1.29 is 19.2 Å². The van der Waals surface area contributed by atoms with E-state index in [1.807, 2.05) is 4.90 Å². The van der Waals surface area contributed by atoms with Crippen molar-refractivity contribution in [1.82, 2.24) is 5.43 Å². The number of anilines is 1. The summed E-state index contributed by atoms with van der Waals surface area (Å²) in [6.07, 6.45) is 1.36. The summed E-state index contributed by atoms with van der Waals surface area (Å²) < 4.78 is 11.2. The lowest BCUT2D eigenvalue weighted by Crippen LogP contribution is -2.36. The second kappa shape index (κ2) is 9.48. The van der Waals surface area contributed by atoms with Gasteiger partial charge in [-0.3, -0.25) is 14.9 Å². The van der Waals surface area contributed by atoms with E-state index >= 15 is 0 Å². The second-order valence-electron chi connectivity index (χ2n) is 6.15. The van der Waals surface area contributed by atoms with Crippen molar-refractivity contribution in [2.45, 2.75) is 0 Å². The number of nitro groups is 1. The maximum absolute atomic E-state index is 12.4. The van der Waals surface area contributed by atoms with Gasteiger partial charge in [0.2, 0.25) is 0 Å². The standard InChI is InChI=1S/C19H19BrN4O5/c1-28-18-5-3-14(20)11-15(18)19(25)22-21-12-13-2-4-16(17(10-13)24(26)27)23-6-8-29-9-7-23/h2-5,10-12H,6-9H2,1H3,(H,22,25)/b21-12+. The minimum absolute atomic E-state index is 0.0177. The van der Waals surface area contributed by atoms with Crippen LogP contribution in [0.5, 0.6) is 5.75 Å². The summed E-state index contributed by atoms with van der Waals surface area (Å²) in [5.41, 5.74) is 3.74. The van der Waals surface area contributed by atoms with Gasteiger partial charge in [-0.05, 0) is 24.3 Å². The molecule has 1 aliphatic heterocycles. The first-order valence-corrected chi connectivity index (χ1v) is 9.57. The number of benzene rings is 2.